The average molecular weight is 334 g/mol. The molecule has 2 aromatic rings. The molecule has 5 nitrogen and oxygen atoms in total. The second-order valence-electron chi connectivity index (χ2n) is 6.07. The van der Waals surface area contributed by atoms with Crippen molar-refractivity contribution in [1.29, 1.82) is 0 Å². The highest BCUT2D eigenvalue weighted by Crippen LogP contribution is 2.25. The summed E-state index contributed by atoms with van der Waals surface area (Å²) < 4.78 is 26.6. The van der Waals surface area contributed by atoms with Gasteiger partial charge in [-0.05, 0) is 32.5 Å². The van der Waals surface area contributed by atoms with Crippen LogP contribution in [0.25, 0.3) is 0 Å². The molecule has 1 amide bonds. The number of imidazole rings is 1. The lowest BCUT2D eigenvalue weighted by Crippen LogP contribution is -2.39. The largest absolute Gasteiger partial charge is 0.319 e. The Kier molecular flexibility index (Phi) is 4.62. The van der Waals surface area contributed by atoms with E-state index in [4.69, 9.17) is 0 Å². The van der Waals surface area contributed by atoms with Crippen molar-refractivity contribution >= 4 is 11.6 Å². The number of alkyl halides is 2. The molecule has 1 aromatic carbocycles. The van der Waals surface area contributed by atoms with Crippen LogP contribution < -0.4 is 4.90 Å². The van der Waals surface area contributed by atoms with Crippen LogP contribution in [-0.2, 0) is 11.3 Å². The molecule has 0 radical (unpaired) electrons. The van der Waals surface area contributed by atoms with Crippen molar-refractivity contribution in [2.45, 2.75) is 32.5 Å². The summed E-state index contributed by atoms with van der Waals surface area (Å²) in [4.78, 5) is 20.2. The Hall–Kier alpha value is -2.28. The number of benzene rings is 1. The molecule has 1 aliphatic rings. The van der Waals surface area contributed by atoms with Crippen LogP contribution >= 0.6 is 0 Å². The molecule has 7 heteroatoms. The van der Waals surface area contributed by atoms with Crippen LogP contribution in [0.1, 0.15) is 24.4 Å². The first kappa shape index (κ1) is 16.6. The van der Waals surface area contributed by atoms with Crippen LogP contribution in [0, 0.1) is 6.92 Å². The van der Waals surface area contributed by atoms with Gasteiger partial charge >= 0.3 is 6.55 Å². The highest BCUT2D eigenvalue weighted by Gasteiger charge is 2.35. The molecule has 1 atom stereocenters. The third-order valence-electron chi connectivity index (χ3n) is 4.40. The summed E-state index contributed by atoms with van der Waals surface area (Å²) >= 11 is 0. The Balaban J connectivity index is 1.70. The molecule has 0 aliphatic carbocycles. The zero-order valence-electron chi connectivity index (χ0n) is 13.7. The number of amides is 1. The molecule has 0 unspecified atom stereocenters. The molecule has 1 fully saturated rings. The van der Waals surface area contributed by atoms with Gasteiger partial charge in [0.1, 0.15) is 5.82 Å². The zero-order chi connectivity index (χ0) is 17.3. The molecule has 1 aliphatic heterocycles. The second kappa shape index (κ2) is 6.68. The maximum atomic E-state index is 12.9. The van der Waals surface area contributed by atoms with Gasteiger partial charge in [0, 0.05) is 24.6 Å². The quantitative estimate of drug-likeness (QED) is 0.844. The van der Waals surface area contributed by atoms with Crippen LogP contribution in [0.3, 0.4) is 0 Å². The van der Waals surface area contributed by atoms with Crippen molar-refractivity contribution in [3.05, 3.63) is 48.0 Å². The standard InChI is InChI=1S/C17H20F2N4O/c1-12-3-5-13(6-4-12)22-9-7-14(16(22)24)21(2)11-15-20-8-10-23(15)17(18)19/h3-6,8,10,14,17H,7,9,11H2,1-2H3/t14-/m1/s1. The minimum atomic E-state index is -2.63. The van der Waals surface area contributed by atoms with Gasteiger partial charge in [0.05, 0.1) is 12.6 Å². The maximum Gasteiger partial charge on any atom is 0.319 e. The lowest BCUT2D eigenvalue weighted by molar-refractivity contribution is -0.121. The number of nitrogens with zero attached hydrogens (tertiary/aromatic N) is 4. The first-order chi connectivity index (χ1) is 11.5. The van der Waals surface area contributed by atoms with Gasteiger partial charge in [0.2, 0.25) is 5.91 Å². The second-order valence-corrected chi connectivity index (χ2v) is 6.07. The molecule has 128 valence electrons. The third-order valence-corrected chi connectivity index (χ3v) is 4.40. The van der Waals surface area contributed by atoms with E-state index in [9.17, 15) is 13.6 Å². The van der Waals surface area contributed by atoms with E-state index in [2.05, 4.69) is 4.98 Å². The molecular weight excluding hydrogens is 314 g/mol. The Labute approximate surface area is 139 Å². The fourth-order valence-electron chi connectivity index (χ4n) is 3.03. The first-order valence-corrected chi connectivity index (χ1v) is 7.85. The first-order valence-electron chi connectivity index (χ1n) is 7.85. The third kappa shape index (κ3) is 3.17. The van der Waals surface area contributed by atoms with E-state index in [0.717, 1.165) is 15.8 Å². The van der Waals surface area contributed by atoms with E-state index in [1.165, 1.54) is 12.4 Å². The molecule has 2 heterocycles. The van der Waals surface area contributed by atoms with Gasteiger partial charge in [-0.3, -0.25) is 14.3 Å². The molecule has 1 aromatic heterocycles. The molecular formula is C17H20F2N4O. The van der Waals surface area contributed by atoms with Crippen LogP contribution in [0.15, 0.2) is 36.7 Å². The van der Waals surface area contributed by atoms with Crippen molar-refractivity contribution in [3.8, 4) is 0 Å². The molecule has 0 saturated carbocycles. The SMILES string of the molecule is Cc1ccc(N2CC[C@@H](N(C)Cc3nccn3C(F)F)C2=O)cc1. The monoisotopic (exact) mass is 334 g/mol. The Morgan fingerprint density at radius 2 is 2.04 bits per heavy atom. The van der Waals surface area contributed by atoms with Crippen molar-refractivity contribution in [3.63, 3.8) is 0 Å². The lowest BCUT2D eigenvalue weighted by atomic mass is 10.2. The number of halogens is 2. The van der Waals surface area contributed by atoms with Crippen molar-refractivity contribution < 1.29 is 13.6 Å². The summed E-state index contributed by atoms with van der Waals surface area (Å²) in [5.74, 6) is 0.255. The number of likely N-dealkylation sites (N-methyl/N-ethyl adjacent to an activating group) is 1. The molecule has 1 saturated heterocycles. The van der Waals surface area contributed by atoms with E-state index < -0.39 is 6.55 Å². The van der Waals surface area contributed by atoms with Crippen molar-refractivity contribution in [2.75, 3.05) is 18.5 Å². The van der Waals surface area contributed by atoms with E-state index in [1.807, 2.05) is 31.2 Å². The molecule has 0 bridgehead atoms. The summed E-state index contributed by atoms with van der Waals surface area (Å²) in [7, 11) is 1.77. The fourth-order valence-corrected chi connectivity index (χ4v) is 3.03. The minimum absolute atomic E-state index is 0.00324. The van der Waals surface area contributed by atoms with Crippen molar-refractivity contribution in [2.24, 2.45) is 0 Å². The Morgan fingerprint density at radius 1 is 1.33 bits per heavy atom. The molecule has 24 heavy (non-hydrogen) atoms. The van der Waals surface area contributed by atoms with E-state index in [1.54, 1.807) is 16.8 Å². The number of aromatic nitrogens is 2. The van der Waals surface area contributed by atoms with Gasteiger partial charge in [-0.25, -0.2) is 4.98 Å². The molecule has 3 rings (SSSR count). The summed E-state index contributed by atoms with van der Waals surface area (Å²) in [6.07, 6.45) is 3.27. The lowest BCUT2D eigenvalue weighted by Gasteiger charge is -2.23. The van der Waals surface area contributed by atoms with Gasteiger partial charge in [-0.2, -0.15) is 8.78 Å². The maximum absolute atomic E-state index is 12.9. The predicted octanol–water partition coefficient (Wildman–Crippen LogP) is 2.82. The van der Waals surface area contributed by atoms with Crippen molar-refractivity contribution in [1.82, 2.24) is 14.5 Å². The van der Waals surface area contributed by atoms with E-state index >= 15 is 0 Å². The zero-order valence-corrected chi connectivity index (χ0v) is 13.7. The highest BCUT2D eigenvalue weighted by molar-refractivity contribution is 5.99. The van der Waals surface area contributed by atoms with Gasteiger partial charge in [0.15, 0.2) is 0 Å². The minimum Gasteiger partial charge on any atom is -0.311 e. The number of anilines is 1. The Bertz CT molecular complexity index is 714. The highest BCUT2D eigenvalue weighted by atomic mass is 19.3. The van der Waals surface area contributed by atoms with Crippen LogP contribution in [0.5, 0.6) is 0 Å². The predicted molar refractivity (Wildman–Crippen MR) is 86.9 cm³/mol. The van der Waals surface area contributed by atoms with Crippen LogP contribution in [0.4, 0.5) is 14.5 Å². The summed E-state index contributed by atoms with van der Waals surface area (Å²) in [5, 5.41) is 0. The summed E-state index contributed by atoms with van der Waals surface area (Å²) in [6, 6.07) is 7.48. The molecule has 0 spiro atoms. The van der Waals surface area contributed by atoms with Gasteiger partial charge < -0.3 is 4.90 Å². The smallest absolute Gasteiger partial charge is 0.311 e. The number of aryl methyl sites for hydroxylation is 1. The van der Waals surface area contributed by atoms with Crippen LogP contribution in [-0.4, -0.2) is 40.0 Å². The fraction of sp³-hybridized carbons (Fsp3) is 0.412. The number of rotatable bonds is 5. The molecule has 0 N–H and O–H groups in total. The van der Waals surface area contributed by atoms with Gasteiger partial charge in [-0.1, -0.05) is 17.7 Å². The number of hydrogen-bond acceptors (Lipinski definition) is 3. The topological polar surface area (TPSA) is 41.4 Å². The number of carbonyl (C=O) groups is 1. The Morgan fingerprint density at radius 3 is 2.71 bits per heavy atom. The average Bonchev–Trinajstić information content (AvgIpc) is 3.15. The number of carbonyl (C=O) groups excluding carboxylic acids is 1. The van der Waals surface area contributed by atoms with E-state index in [0.29, 0.717) is 13.0 Å². The number of hydrogen-bond donors (Lipinski definition) is 0. The van der Waals surface area contributed by atoms with Crippen LogP contribution in [0.2, 0.25) is 0 Å². The summed E-state index contributed by atoms with van der Waals surface area (Å²) in [6.45, 7) is 0.201. The normalized spacial score (nSPS) is 18.2. The van der Waals surface area contributed by atoms with Gasteiger partial charge in [-0.15, -0.1) is 0 Å². The summed E-state index contributed by atoms with van der Waals surface area (Å²) in [5.41, 5.74) is 2.01. The van der Waals surface area contributed by atoms with E-state index in [-0.39, 0.29) is 24.3 Å². The van der Waals surface area contributed by atoms with Gasteiger partial charge in [0.25, 0.3) is 0 Å².